The maximum atomic E-state index is 13.6. The Balaban J connectivity index is 0.00000172. The summed E-state index contributed by atoms with van der Waals surface area (Å²) in [5, 5.41) is 0. The Morgan fingerprint density at radius 2 is 1.54 bits per heavy atom. The Bertz CT molecular complexity index is 1430. The number of piperidine rings is 1. The van der Waals surface area contributed by atoms with Crippen LogP contribution in [0.15, 0.2) is 66.7 Å². The topological polar surface area (TPSA) is 55.3 Å². The summed E-state index contributed by atoms with van der Waals surface area (Å²) in [6, 6.07) is 16.3. The van der Waals surface area contributed by atoms with Gasteiger partial charge in [-0.3, -0.25) is 0 Å². The monoisotopic (exact) mass is 539 g/mol. The number of ether oxygens (including phenoxy) is 1. The smallest absolute Gasteiger partial charge is 0.416 e. The van der Waals surface area contributed by atoms with E-state index in [2.05, 4.69) is 4.90 Å². The molecule has 0 N–H and O–H groups in total. The predicted molar refractivity (Wildman–Crippen MR) is 143 cm³/mol. The van der Waals surface area contributed by atoms with Gasteiger partial charge < -0.3 is 9.64 Å². The van der Waals surface area contributed by atoms with Gasteiger partial charge in [0, 0.05) is 18.7 Å². The van der Waals surface area contributed by atoms with E-state index < -0.39 is 17.7 Å². The van der Waals surface area contributed by atoms with Gasteiger partial charge in [-0.2, -0.15) is 13.2 Å². The van der Waals surface area contributed by atoms with E-state index in [0.717, 1.165) is 30.5 Å². The van der Waals surface area contributed by atoms with Gasteiger partial charge in [0.25, 0.3) is 0 Å². The molecular formula is C30H29F4N3O2. The number of halogens is 4. The summed E-state index contributed by atoms with van der Waals surface area (Å²) in [7, 11) is 1.31. The molecule has 9 heteroatoms. The first kappa shape index (κ1) is 28.0. The molecule has 1 saturated heterocycles. The van der Waals surface area contributed by atoms with Crippen LogP contribution in [0.1, 0.15) is 54.1 Å². The average Bonchev–Trinajstić information content (AvgIpc) is 2.97. The van der Waals surface area contributed by atoms with Crippen LogP contribution in [0.3, 0.4) is 0 Å². The number of methoxy groups -OCH3 is 1. The summed E-state index contributed by atoms with van der Waals surface area (Å²) in [6.07, 6.45) is -2.89. The van der Waals surface area contributed by atoms with Crippen LogP contribution in [-0.4, -0.2) is 36.1 Å². The molecule has 0 aliphatic carbocycles. The second-order valence-corrected chi connectivity index (χ2v) is 8.98. The summed E-state index contributed by atoms with van der Waals surface area (Å²) in [4.78, 5) is 23.7. The number of carbonyl (C=O) groups excluding carboxylic acids is 1. The number of aromatic nitrogens is 2. The van der Waals surface area contributed by atoms with Crippen molar-refractivity contribution in [1.29, 1.82) is 0 Å². The molecule has 0 saturated carbocycles. The molecule has 5 rings (SSSR count). The van der Waals surface area contributed by atoms with Gasteiger partial charge in [-0.1, -0.05) is 26.0 Å². The van der Waals surface area contributed by atoms with Crippen LogP contribution in [0.2, 0.25) is 0 Å². The molecule has 0 spiro atoms. The highest BCUT2D eigenvalue weighted by molar-refractivity contribution is 5.94. The number of carbonyl (C=O) groups is 1. The zero-order chi connectivity index (χ0) is 28.2. The highest BCUT2D eigenvalue weighted by Gasteiger charge is 2.31. The van der Waals surface area contributed by atoms with E-state index in [-0.39, 0.29) is 11.7 Å². The lowest BCUT2D eigenvalue weighted by Crippen LogP contribution is -2.34. The lowest BCUT2D eigenvalue weighted by Gasteiger charge is -2.34. The second kappa shape index (κ2) is 11.8. The largest absolute Gasteiger partial charge is 0.465 e. The quantitative estimate of drug-likeness (QED) is 0.197. The fourth-order valence-corrected chi connectivity index (χ4v) is 4.68. The SMILES string of the molecule is CC.COC(=O)c1ccc2nc(N3CCC(c4ccc(C(F)(F)F)cc4)CC3)c(-c3ccc(F)cc3)nc2c1. The summed E-state index contributed by atoms with van der Waals surface area (Å²) in [6.45, 7) is 5.25. The van der Waals surface area contributed by atoms with Gasteiger partial charge in [-0.15, -0.1) is 0 Å². The minimum absolute atomic E-state index is 0.129. The predicted octanol–water partition coefficient (Wildman–Crippen LogP) is 7.65. The van der Waals surface area contributed by atoms with Crippen molar-refractivity contribution in [2.45, 2.75) is 38.8 Å². The summed E-state index contributed by atoms with van der Waals surface area (Å²) in [5.41, 5.74) is 2.91. The zero-order valence-electron chi connectivity index (χ0n) is 21.9. The highest BCUT2D eigenvalue weighted by Crippen LogP contribution is 2.36. The fourth-order valence-electron chi connectivity index (χ4n) is 4.68. The van der Waals surface area contributed by atoms with Gasteiger partial charge in [0.15, 0.2) is 5.82 Å². The number of rotatable bonds is 4. The Morgan fingerprint density at radius 1 is 0.897 bits per heavy atom. The molecule has 0 unspecified atom stereocenters. The van der Waals surface area contributed by atoms with Crippen LogP contribution in [0.25, 0.3) is 22.3 Å². The van der Waals surface area contributed by atoms with Gasteiger partial charge >= 0.3 is 12.1 Å². The van der Waals surface area contributed by atoms with Gasteiger partial charge in [0.1, 0.15) is 11.5 Å². The molecule has 1 fully saturated rings. The van der Waals surface area contributed by atoms with Crippen molar-refractivity contribution in [2.24, 2.45) is 0 Å². The molecular weight excluding hydrogens is 510 g/mol. The Hall–Kier alpha value is -4.01. The molecule has 1 aliphatic rings. The fraction of sp³-hybridized carbons (Fsp3) is 0.300. The van der Waals surface area contributed by atoms with Gasteiger partial charge in [0.05, 0.1) is 29.3 Å². The van der Waals surface area contributed by atoms with Crippen LogP contribution in [0.4, 0.5) is 23.4 Å². The molecule has 0 bridgehead atoms. The average molecular weight is 540 g/mol. The minimum Gasteiger partial charge on any atom is -0.465 e. The minimum atomic E-state index is -4.36. The van der Waals surface area contributed by atoms with Crippen LogP contribution in [0, 0.1) is 5.82 Å². The lowest BCUT2D eigenvalue weighted by molar-refractivity contribution is -0.137. The van der Waals surface area contributed by atoms with Crippen molar-refractivity contribution in [2.75, 3.05) is 25.1 Å². The normalized spacial score (nSPS) is 14.1. The Kier molecular flexibility index (Phi) is 8.47. The molecule has 0 amide bonds. The van der Waals surface area contributed by atoms with Crippen LogP contribution < -0.4 is 4.90 Å². The van der Waals surface area contributed by atoms with E-state index >= 15 is 0 Å². The van der Waals surface area contributed by atoms with Crippen molar-refractivity contribution in [1.82, 2.24) is 9.97 Å². The summed E-state index contributed by atoms with van der Waals surface area (Å²) in [5.74, 6) is -0.0922. The maximum Gasteiger partial charge on any atom is 0.416 e. The third-order valence-electron chi connectivity index (χ3n) is 6.69. The zero-order valence-corrected chi connectivity index (χ0v) is 21.9. The van der Waals surface area contributed by atoms with Crippen molar-refractivity contribution in [3.8, 4) is 11.3 Å². The van der Waals surface area contributed by atoms with E-state index in [1.807, 2.05) is 13.8 Å². The van der Waals surface area contributed by atoms with Crippen LogP contribution in [0.5, 0.6) is 0 Å². The molecule has 4 aromatic rings. The standard InChI is InChI=1S/C28H23F4N3O2.C2H6/c1-37-27(36)20-6-11-23-24(16-20)33-25(19-4-9-22(29)10-5-19)26(34-23)35-14-12-18(13-15-35)17-2-7-21(8-3-17)28(30,31)32;1-2/h2-11,16,18H,12-15H2,1H3;1-2H3. The van der Waals surface area contributed by atoms with Gasteiger partial charge in [0.2, 0.25) is 0 Å². The molecule has 3 aromatic carbocycles. The highest BCUT2D eigenvalue weighted by atomic mass is 19.4. The van der Waals surface area contributed by atoms with Crippen molar-refractivity contribution < 1.29 is 27.1 Å². The number of hydrogen-bond acceptors (Lipinski definition) is 5. The van der Waals surface area contributed by atoms with Gasteiger partial charge in [-0.25, -0.2) is 19.2 Å². The lowest BCUT2D eigenvalue weighted by atomic mass is 9.89. The molecule has 2 heterocycles. The summed E-state index contributed by atoms with van der Waals surface area (Å²) < 4.78 is 57.2. The number of benzene rings is 3. The number of fused-ring (bicyclic) bond motifs is 1. The molecule has 0 radical (unpaired) electrons. The number of nitrogens with zero attached hydrogens (tertiary/aromatic N) is 3. The van der Waals surface area contributed by atoms with E-state index in [4.69, 9.17) is 14.7 Å². The first-order valence-electron chi connectivity index (χ1n) is 12.8. The Morgan fingerprint density at radius 3 is 2.13 bits per heavy atom. The van der Waals surface area contributed by atoms with E-state index in [0.29, 0.717) is 46.8 Å². The maximum absolute atomic E-state index is 13.6. The molecule has 39 heavy (non-hydrogen) atoms. The van der Waals surface area contributed by atoms with E-state index in [9.17, 15) is 22.4 Å². The van der Waals surface area contributed by atoms with Gasteiger partial charge in [-0.05, 0) is 78.9 Å². The van der Waals surface area contributed by atoms with E-state index in [1.165, 1.54) is 19.2 Å². The van der Waals surface area contributed by atoms with Crippen molar-refractivity contribution in [3.05, 3.63) is 89.2 Å². The van der Waals surface area contributed by atoms with Crippen molar-refractivity contribution >= 4 is 22.8 Å². The van der Waals surface area contributed by atoms with Crippen molar-refractivity contribution in [3.63, 3.8) is 0 Å². The first-order chi connectivity index (χ1) is 18.7. The van der Waals surface area contributed by atoms with Crippen LogP contribution >= 0.6 is 0 Å². The number of alkyl halides is 3. The van der Waals surface area contributed by atoms with E-state index in [1.54, 1.807) is 42.5 Å². The number of esters is 1. The number of hydrogen-bond donors (Lipinski definition) is 0. The molecule has 1 aliphatic heterocycles. The van der Waals surface area contributed by atoms with Crippen LogP contribution in [-0.2, 0) is 10.9 Å². The molecule has 0 atom stereocenters. The second-order valence-electron chi connectivity index (χ2n) is 8.98. The first-order valence-corrected chi connectivity index (χ1v) is 12.8. The molecule has 204 valence electrons. The third kappa shape index (κ3) is 6.19. The molecule has 1 aromatic heterocycles. The Labute approximate surface area is 224 Å². The molecule has 5 nitrogen and oxygen atoms in total. The summed E-state index contributed by atoms with van der Waals surface area (Å²) >= 11 is 0. The third-order valence-corrected chi connectivity index (χ3v) is 6.69. The number of anilines is 1.